The van der Waals surface area contributed by atoms with E-state index in [9.17, 15) is 31.9 Å². The Balaban J connectivity index is 2.07. The van der Waals surface area contributed by atoms with Crippen molar-refractivity contribution in [2.75, 3.05) is 33.2 Å². The van der Waals surface area contributed by atoms with E-state index in [0.717, 1.165) is 12.8 Å². The second-order valence-corrected chi connectivity index (χ2v) is 11.7. The maximum Gasteiger partial charge on any atom is 0.416 e. The number of aliphatic hydroxyl groups is 1. The molecule has 10 heteroatoms. The number of β-amino-alcohol motifs (C(OH)–C–C–N with tert-alkyl or cyclic N) is 1. The number of likely N-dealkylation sites (tertiary alicyclic amines) is 1. The molecular formula is C34H46F5N3O2. The number of nitrogens with zero attached hydrogens (tertiary/aromatic N) is 3. The number of hydrogen-bond donors (Lipinski definition) is 1. The van der Waals surface area contributed by atoms with E-state index in [-0.39, 0.29) is 18.4 Å². The molecule has 0 aliphatic carbocycles. The van der Waals surface area contributed by atoms with Crippen LogP contribution < -0.4 is 0 Å². The number of benzene rings is 1. The summed E-state index contributed by atoms with van der Waals surface area (Å²) in [6.45, 7) is 11.7. The first-order chi connectivity index (χ1) is 20.6. The van der Waals surface area contributed by atoms with Crippen LogP contribution in [0.3, 0.4) is 0 Å². The van der Waals surface area contributed by atoms with Gasteiger partial charge in [0.15, 0.2) is 5.54 Å². The lowest BCUT2D eigenvalue weighted by molar-refractivity contribution is -0.135. The monoisotopic (exact) mass is 623 g/mol. The number of rotatable bonds is 14. The Labute approximate surface area is 258 Å². The van der Waals surface area contributed by atoms with E-state index in [2.05, 4.69) is 16.6 Å². The summed E-state index contributed by atoms with van der Waals surface area (Å²) in [7, 11) is 1.53. The van der Waals surface area contributed by atoms with Crippen molar-refractivity contribution in [2.24, 2.45) is 16.8 Å². The molecule has 1 N–H and O–H groups in total. The predicted octanol–water partition coefficient (Wildman–Crippen LogP) is 7.20. The van der Waals surface area contributed by atoms with E-state index in [0.29, 0.717) is 37.2 Å². The Morgan fingerprint density at radius 1 is 1.14 bits per heavy atom. The molecule has 3 unspecified atom stereocenters. The van der Waals surface area contributed by atoms with Crippen LogP contribution in [0, 0.1) is 17.7 Å². The molecule has 1 amide bonds. The van der Waals surface area contributed by atoms with Gasteiger partial charge in [0.05, 0.1) is 11.7 Å². The number of aliphatic hydroxyl groups excluding tert-OH is 1. The van der Waals surface area contributed by atoms with Crippen LogP contribution in [0.5, 0.6) is 0 Å². The summed E-state index contributed by atoms with van der Waals surface area (Å²) >= 11 is 0. The fraction of sp³-hybridized carbons (Fsp3) is 0.529. The molecule has 1 aliphatic heterocycles. The molecule has 1 saturated heterocycles. The molecule has 1 heterocycles. The van der Waals surface area contributed by atoms with Crippen LogP contribution in [0.15, 0.2) is 76.9 Å². The van der Waals surface area contributed by atoms with Crippen LogP contribution in [0.4, 0.5) is 22.0 Å². The maximum absolute atomic E-state index is 14.0. The lowest BCUT2D eigenvalue weighted by Gasteiger charge is -2.36. The van der Waals surface area contributed by atoms with Crippen LogP contribution >= 0.6 is 0 Å². The molecule has 1 fully saturated rings. The highest BCUT2D eigenvalue weighted by atomic mass is 19.4. The zero-order valence-electron chi connectivity index (χ0n) is 26.3. The van der Waals surface area contributed by atoms with Crippen LogP contribution in [-0.2, 0) is 10.3 Å². The Kier molecular flexibility index (Phi) is 14.2. The number of aliphatic imine (C=N–C) groups is 1. The van der Waals surface area contributed by atoms with Crippen molar-refractivity contribution in [1.82, 2.24) is 9.80 Å². The van der Waals surface area contributed by atoms with Gasteiger partial charge in [0.1, 0.15) is 12.0 Å². The number of piperidine rings is 1. The van der Waals surface area contributed by atoms with Gasteiger partial charge in [-0.15, -0.1) is 0 Å². The van der Waals surface area contributed by atoms with Crippen molar-refractivity contribution in [3.05, 3.63) is 83.2 Å². The largest absolute Gasteiger partial charge is 0.416 e. The van der Waals surface area contributed by atoms with E-state index in [1.54, 1.807) is 32.9 Å². The van der Waals surface area contributed by atoms with Crippen LogP contribution in [0.1, 0.15) is 52.5 Å². The zero-order valence-corrected chi connectivity index (χ0v) is 26.3. The Hall–Kier alpha value is -3.11. The van der Waals surface area contributed by atoms with Gasteiger partial charge >= 0.3 is 6.18 Å². The van der Waals surface area contributed by atoms with Gasteiger partial charge in [0, 0.05) is 20.1 Å². The maximum atomic E-state index is 14.0. The molecule has 1 aromatic carbocycles. The SMILES string of the molecule is C=NC(C(=O)N(C)CC(O)CN1CCC(C/C=C\C(=C/C(C)C)C(F)(F)F)CC1)(C(/C=C\C(C)F)=C/C)c1ccc(F)cc1. The molecule has 0 bridgehead atoms. The highest BCUT2D eigenvalue weighted by Gasteiger charge is 2.44. The van der Waals surface area contributed by atoms with Gasteiger partial charge in [-0.3, -0.25) is 9.79 Å². The minimum atomic E-state index is -4.38. The van der Waals surface area contributed by atoms with Gasteiger partial charge in [0.2, 0.25) is 0 Å². The van der Waals surface area contributed by atoms with Crippen molar-refractivity contribution < 1.29 is 31.9 Å². The summed E-state index contributed by atoms with van der Waals surface area (Å²) in [6.07, 6.45) is 3.90. The summed E-state index contributed by atoms with van der Waals surface area (Å²) in [5.41, 5.74) is -1.61. The summed E-state index contributed by atoms with van der Waals surface area (Å²) in [5.74, 6) is -0.976. The van der Waals surface area contributed by atoms with E-state index in [1.807, 2.05) is 0 Å². The number of halogens is 5. The molecule has 0 radical (unpaired) electrons. The third-order valence-corrected chi connectivity index (χ3v) is 7.69. The molecule has 244 valence electrons. The molecule has 0 aromatic heterocycles. The minimum absolute atomic E-state index is 0.0252. The Morgan fingerprint density at radius 2 is 1.75 bits per heavy atom. The summed E-state index contributed by atoms with van der Waals surface area (Å²) < 4.78 is 67.2. The number of carbonyl (C=O) groups excluding carboxylic acids is 1. The smallest absolute Gasteiger partial charge is 0.390 e. The van der Waals surface area contributed by atoms with Gasteiger partial charge in [-0.05, 0) is 88.0 Å². The Bertz CT molecular complexity index is 1200. The molecular weight excluding hydrogens is 577 g/mol. The van der Waals surface area contributed by atoms with E-state index < -0.39 is 41.3 Å². The second-order valence-electron chi connectivity index (χ2n) is 11.7. The van der Waals surface area contributed by atoms with Crippen molar-refractivity contribution in [3.63, 3.8) is 0 Å². The summed E-state index contributed by atoms with van der Waals surface area (Å²) in [6, 6.07) is 5.30. The predicted molar refractivity (Wildman–Crippen MR) is 167 cm³/mol. The number of hydrogen-bond acceptors (Lipinski definition) is 4. The van der Waals surface area contributed by atoms with Gasteiger partial charge in [-0.2, -0.15) is 13.2 Å². The Morgan fingerprint density at radius 3 is 2.25 bits per heavy atom. The van der Waals surface area contributed by atoms with Crippen molar-refractivity contribution in [3.8, 4) is 0 Å². The first-order valence-corrected chi connectivity index (χ1v) is 15.0. The van der Waals surface area contributed by atoms with Crippen LogP contribution in [0.2, 0.25) is 0 Å². The number of alkyl halides is 4. The van der Waals surface area contributed by atoms with Crippen molar-refractivity contribution >= 4 is 12.6 Å². The third-order valence-electron chi connectivity index (χ3n) is 7.69. The standard InChI is InChI=1S/C34H46F5N3O2/c1-7-27(12-11-25(4)35)33(40-5,28-13-15-30(36)16-14-28)32(44)41(6)22-31(43)23-42-19-17-26(18-20-42)9-8-10-29(21-24(2)3)34(37,38)39/h7-8,10-16,21,24-26,31,43H,5,9,17-20,22-23H2,1-4,6H3/b10-8-,12-11-,27-7+,29-21+. The van der Waals surface area contributed by atoms with Crippen LogP contribution in [0.25, 0.3) is 0 Å². The quantitative estimate of drug-likeness (QED) is 0.135. The highest BCUT2D eigenvalue weighted by Crippen LogP contribution is 2.37. The normalized spacial score (nSPS) is 19.0. The summed E-state index contributed by atoms with van der Waals surface area (Å²) in [5, 5.41) is 10.9. The average Bonchev–Trinajstić information content (AvgIpc) is 2.95. The number of carbonyl (C=O) groups is 1. The van der Waals surface area contributed by atoms with Gasteiger partial charge in [0.25, 0.3) is 5.91 Å². The molecule has 0 spiro atoms. The molecule has 1 aromatic rings. The first-order valence-electron chi connectivity index (χ1n) is 15.0. The molecule has 5 nitrogen and oxygen atoms in total. The van der Waals surface area contributed by atoms with Gasteiger partial charge in [-0.25, -0.2) is 8.78 Å². The van der Waals surface area contributed by atoms with Gasteiger partial charge in [-0.1, -0.05) is 62.4 Å². The lowest BCUT2D eigenvalue weighted by atomic mass is 9.80. The second kappa shape index (κ2) is 16.8. The molecule has 44 heavy (non-hydrogen) atoms. The highest BCUT2D eigenvalue weighted by molar-refractivity contribution is 5.93. The van der Waals surface area contributed by atoms with Gasteiger partial charge < -0.3 is 14.9 Å². The van der Waals surface area contributed by atoms with E-state index >= 15 is 0 Å². The first kappa shape index (κ1) is 37.1. The zero-order chi connectivity index (χ0) is 33.1. The molecule has 2 rings (SSSR count). The average molecular weight is 624 g/mol. The number of amides is 1. The molecule has 3 atom stereocenters. The van der Waals surface area contributed by atoms with E-state index in [1.165, 1.54) is 67.4 Å². The van der Waals surface area contributed by atoms with Crippen molar-refractivity contribution in [1.29, 1.82) is 0 Å². The van der Waals surface area contributed by atoms with Crippen molar-refractivity contribution in [2.45, 2.75) is 70.9 Å². The third kappa shape index (κ3) is 10.5. The fourth-order valence-corrected chi connectivity index (χ4v) is 5.44. The number of likely N-dealkylation sites (N-methyl/N-ethyl adjacent to an activating group) is 1. The molecule has 1 aliphatic rings. The fourth-order valence-electron chi connectivity index (χ4n) is 5.44. The molecule has 0 saturated carbocycles. The topological polar surface area (TPSA) is 56.1 Å². The number of allylic oxidation sites excluding steroid dienone is 6. The van der Waals surface area contributed by atoms with E-state index in [4.69, 9.17) is 0 Å². The van der Waals surface area contributed by atoms with Crippen LogP contribution in [-0.4, -0.2) is 79.2 Å². The lowest BCUT2D eigenvalue weighted by Crippen LogP contribution is -2.49. The minimum Gasteiger partial charge on any atom is -0.390 e. The summed E-state index contributed by atoms with van der Waals surface area (Å²) in [4.78, 5) is 21.6.